The van der Waals surface area contributed by atoms with Crippen molar-refractivity contribution in [2.75, 3.05) is 0 Å². The van der Waals surface area contributed by atoms with Crippen LogP contribution < -0.4 is 5.73 Å². The number of imide groups is 3. The Kier molecular flexibility index (Phi) is 4.67. The van der Waals surface area contributed by atoms with E-state index in [9.17, 15) is 29.1 Å². The number of nitrogens with zero attached hydrogens (tertiary/aromatic N) is 1. The third-order valence-corrected chi connectivity index (χ3v) is 8.03. The molecule has 0 saturated carbocycles. The second-order valence-corrected chi connectivity index (χ2v) is 9.80. The Morgan fingerprint density at radius 3 is 2.53 bits per heavy atom. The molecule has 0 spiro atoms. The first-order chi connectivity index (χ1) is 17.2. The zero-order chi connectivity index (χ0) is 25.5. The summed E-state index contributed by atoms with van der Waals surface area (Å²) in [4.78, 5) is 65.1. The highest BCUT2D eigenvalue weighted by atomic mass is 16.3. The minimum atomic E-state index is -1.12. The predicted molar refractivity (Wildman–Crippen MR) is 128 cm³/mol. The van der Waals surface area contributed by atoms with E-state index >= 15 is 0 Å². The number of benzene rings is 2. The van der Waals surface area contributed by atoms with Crippen molar-refractivity contribution >= 4 is 40.2 Å². The Labute approximate surface area is 205 Å². The fraction of sp³-hybridized carbons (Fsp3) is 0.250. The number of Topliss-reactive ketones (excluding diaryl/α,β-unsaturated/α-hetero) is 1. The molecule has 0 bridgehead atoms. The molecular formula is C28H22N2O6. The lowest BCUT2D eigenvalue weighted by Gasteiger charge is -2.42. The maximum Gasteiger partial charge on any atom is 0.328 e. The highest BCUT2D eigenvalue weighted by molar-refractivity contribution is 6.24. The molecule has 3 N–H and O–H groups in total. The Bertz CT molecular complexity index is 1540. The van der Waals surface area contributed by atoms with Gasteiger partial charge in [0.25, 0.3) is 0 Å². The first-order valence-electron chi connectivity index (χ1n) is 11.8. The summed E-state index contributed by atoms with van der Waals surface area (Å²) in [5, 5.41) is 12.7. The summed E-state index contributed by atoms with van der Waals surface area (Å²) in [6.45, 7) is 1.57. The molecule has 4 atom stereocenters. The van der Waals surface area contributed by atoms with Crippen LogP contribution in [0, 0.1) is 17.8 Å². The SMILES string of the molecule is CC1=CC(=O)C2=C(CC3C(=CCC4C(=O)N(C(N)=O)C(=O)C43)C2c2ccc3ccccc3c2O)C1=O. The Hall–Kier alpha value is -4.33. The van der Waals surface area contributed by atoms with E-state index in [0.29, 0.717) is 32.6 Å². The summed E-state index contributed by atoms with van der Waals surface area (Å²) >= 11 is 0. The van der Waals surface area contributed by atoms with Crippen LogP contribution >= 0.6 is 0 Å². The fourth-order valence-corrected chi connectivity index (χ4v) is 6.46. The van der Waals surface area contributed by atoms with Crippen LogP contribution in [0.3, 0.4) is 0 Å². The van der Waals surface area contributed by atoms with Gasteiger partial charge in [-0.15, -0.1) is 0 Å². The van der Waals surface area contributed by atoms with Crippen molar-refractivity contribution in [1.82, 2.24) is 4.90 Å². The van der Waals surface area contributed by atoms with Crippen LogP contribution in [0.1, 0.15) is 31.2 Å². The monoisotopic (exact) mass is 482 g/mol. The number of nitrogens with two attached hydrogens (primary N) is 1. The molecule has 2 aromatic carbocycles. The van der Waals surface area contributed by atoms with Crippen LogP contribution in [0.4, 0.5) is 4.79 Å². The summed E-state index contributed by atoms with van der Waals surface area (Å²) in [5.41, 5.74) is 7.37. The van der Waals surface area contributed by atoms with Crippen molar-refractivity contribution in [3.63, 3.8) is 0 Å². The van der Waals surface area contributed by atoms with E-state index in [2.05, 4.69) is 0 Å². The molecule has 180 valence electrons. The number of amides is 4. The Morgan fingerprint density at radius 2 is 1.78 bits per heavy atom. The number of allylic oxidation sites excluding steroid dienone is 6. The lowest BCUT2D eigenvalue weighted by atomic mass is 9.59. The highest BCUT2D eigenvalue weighted by Crippen LogP contribution is 2.56. The Morgan fingerprint density at radius 1 is 1.03 bits per heavy atom. The van der Waals surface area contributed by atoms with Crippen molar-refractivity contribution in [1.29, 1.82) is 0 Å². The van der Waals surface area contributed by atoms with Gasteiger partial charge in [-0.05, 0) is 37.1 Å². The number of carbonyl (C=O) groups excluding carboxylic acids is 5. The summed E-state index contributed by atoms with van der Waals surface area (Å²) in [6.07, 6.45) is 3.43. The molecule has 4 amide bonds. The number of hydrogen-bond acceptors (Lipinski definition) is 6. The average molecular weight is 482 g/mol. The van der Waals surface area contributed by atoms with Crippen LogP contribution in [-0.2, 0) is 19.2 Å². The maximum atomic E-state index is 13.3. The predicted octanol–water partition coefficient (Wildman–Crippen LogP) is 3.05. The Balaban J connectivity index is 1.58. The van der Waals surface area contributed by atoms with Gasteiger partial charge in [-0.1, -0.05) is 48.0 Å². The quantitative estimate of drug-likeness (QED) is 0.364. The molecule has 8 heteroatoms. The molecular weight excluding hydrogens is 460 g/mol. The third kappa shape index (κ3) is 2.84. The van der Waals surface area contributed by atoms with E-state index in [1.54, 1.807) is 25.1 Å². The van der Waals surface area contributed by atoms with Gasteiger partial charge in [0.1, 0.15) is 5.75 Å². The van der Waals surface area contributed by atoms with Crippen LogP contribution in [0.15, 0.2) is 70.8 Å². The van der Waals surface area contributed by atoms with Gasteiger partial charge in [0.05, 0.1) is 11.8 Å². The van der Waals surface area contributed by atoms with Crippen LogP contribution in [0.2, 0.25) is 0 Å². The van der Waals surface area contributed by atoms with Crippen LogP contribution in [-0.4, -0.2) is 39.4 Å². The number of rotatable bonds is 1. The lowest BCUT2D eigenvalue weighted by molar-refractivity contribution is -0.136. The maximum absolute atomic E-state index is 13.3. The van der Waals surface area contributed by atoms with Crippen molar-refractivity contribution < 1.29 is 29.1 Å². The summed E-state index contributed by atoms with van der Waals surface area (Å²) in [5.74, 6) is -4.94. The summed E-state index contributed by atoms with van der Waals surface area (Å²) in [6, 6.07) is 9.75. The highest BCUT2D eigenvalue weighted by Gasteiger charge is 2.57. The number of phenolic OH excluding ortho intramolecular Hbond substituents is 1. The van der Waals surface area contributed by atoms with Gasteiger partial charge in [0, 0.05) is 33.6 Å². The van der Waals surface area contributed by atoms with Gasteiger partial charge in [-0.3, -0.25) is 19.2 Å². The molecule has 1 saturated heterocycles. The number of primary amides is 1. The number of urea groups is 1. The molecule has 0 aromatic heterocycles. The van der Waals surface area contributed by atoms with Gasteiger partial charge >= 0.3 is 6.03 Å². The number of ketones is 2. The second-order valence-electron chi connectivity index (χ2n) is 9.80. The van der Waals surface area contributed by atoms with E-state index in [1.165, 1.54) is 6.08 Å². The molecule has 0 radical (unpaired) electrons. The molecule has 6 rings (SSSR count). The van der Waals surface area contributed by atoms with E-state index in [1.807, 2.05) is 24.3 Å². The smallest absolute Gasteiger partial charge is 0.328 e. The number of phenols is 1. The lowest BCUT2D eigenvalue weighted by Crippen LogP contribution is -2.42. The molecule has 8 nitrogen and oxygen atoms in total. The van der Waals surface area contributed by atoms with Crippen molar-refractivity contribution in [2.45, 2.75) is 25.7 Å². The fourth-order valence-electron chi connectivity index (χ4n) is 6.46. The summed E-state index contributed by atoms with van der Waals surface area (Å²) in [7, 11) is 0. The van der Waals surface area contributed by atoms with E-state index in [0.717, 1.165) is 5.39 Å². The zero-order valence-electron chi connectivity index (χ0n) is 19.4. The van der Waals surface area contributed by atoms with Crippen molar-refractivity contribution in [2.24, 2.45) is 23.5 Å². The molecule has 3 aliphatic carbocycles. The number of likely N-dealkylation sites (tertiary alicyclic amines) is 1. The van der Waals surface area contributed by atoms with E-state index in [4.69, 9.17) is 5.73 Å². The minimum Gasteiger partial charge on any atom is -0.507 e. The molecule has 1 aliphatic heterocycles. The van der Waals surface area contributed by atoms with Crippen LogP contribution in [0.25, 0.3) is 10.8 Å². The molecule has 4 aliphatic rings. The van der Waals surface area contributed by atoms with Gasteiger partial charge in [0.2, 0.25) is 11.8 Å². The number of carbonyl (C=O) groups is 5. The zero-order valence-corrected chi connectivity index (χ0v) is 19.4. The van der Waals surface area contributed by atoms with Gasteiger partial charge in [-0.25, -0.2) is 4.79 Å². The first-order valence-corrected chi connectivity index (χ1v) is 11.8. The normalized spacial score (nSPS) is 27.5. The molecule has 1 fully saturated rings. The largest absolute Gasteiger partial charge is 0.507 e. The number of aromatic hydroxyl groups is 1. The number of hydrogen-bond donors (Lipinski definition) is 2. The average Bonchev–Trinajstić information content (AvgIpc) is 3.12. The standard InChI is InChI=1S/C28H22N2O6/c1-12-10-20(31)23-19(24(12)32)11-18-15(8-9-17-22(18)27(35)30(26(17)34)28(29)36)21(23)16-7-6-13-4-2-3-5-14(13)25(16)33/h2-8,10,17-18,21-22,33H,9,11H2,1H3,(H2,29,36). The van der Waals surface area contributed by atoms with Crippen molar-refractivity contribution in [3.8, 4) is 5.75 Å². The van der Waals surface area contributed by atoms with E-state index < -0.39 is 41.5 Å². The molecule has 1 heterocycles. The van der Waals surface area contributed by atoms with Crippen molar-refractivity contribution in [3.05, 3.63) is 76.4 Å². The minimum absolute atomic E-state index is 0.00673. The van der Waals surface area contributed by atoms with E-state index in [-0.39, 0.29) is 35.7 Å². The first kappa shape index (κ1) is 22.2. The van der Waals surface area contributed by atoms with Gasteiger partial charge in [-0.2, -0.15) is 4.90 Å². The van der Waals surface area contributed by atoms with Gasteiger partial charge < -0.3 is 10.8 Å². The van der Waals surface area contributed by atoms with Gasteiger partial charge in [0.15, 0.2) is 11.6 Å². The summed E-state index contributed by atoms with van der Waals surface area (Å²) < 4.78 is 0. The van der Waals surface area contributed by atoms with Crippen LogP contribution in [0.5, 0.6) is 5.75 Å². The molecule has 2 aromatic rings. The molecule has 4 unspecified atom stereocenters. The molecule has 36 heavy (non-hydrogen) atoms. The third-order valence-electron chi connectivity index (χ3n) is 8.03. The number of fused-ring (bicyclic) bond motifs is 4. The second kappa shape index (κ2) is 7.58. The topological polar surface area (TPSA) is 135 Å².